The molecule has 0 aliphatic carbocycles. The molecule has 2 aromatic carbocycles. The second kappa shape index (κ2) is 9.09. The maximum atomic E-state index is 12.7. The normalized spacial score (nSPS) is 12.1. The number of hydrogen-bond donors (Lipinski definition) is 1. The van der Waals surface area contributed by atoms with E-state index in [1.54, 1.807) is 36.4 Å². The first kappa shape index (κ1) is 23.4. The standard InChI is InChI=1S/C20H18F3N3O5S/c1-12(2)26-18(27)16-6-4-3-5-15(16)17(24-26)14-9-7-13(8-10-14)11-25(32(29)30)31-19(28)20(21,22)23/h3-10,12,32H,11H2,1-2H3. The predicted octanol–water partition coefficient (Wildman–Crippen LogP) is 2.99. The monoisotopic (exact) mass is 469 g/mol. The highest BCUT2D eigenvalue weighted by atomic mass is 32.2. The largest absolute Gasteiger partial charge is 0.492 e. The third kappa shape index (κ3) is 4.97. The molecule has 0 amide bonds. The van der Waals surface area contributed by atoms with Gasteiger partial charge >= 0.3 is 12.1 Å². The summed E-state index contributed by atoms with van der Waals surface area (Å²) in [5.41, 5.74) is 1.14. The molecule has 0 atom stereocenters. The second-order valence-corrected chi connectivity index (χ2v) is 7.98. The van der Waals surface area contributed by atoms with Gasteiger partial charge in [0.15, 0.2) is 0 Å². The van der Waals surface area contributed by atoms with Crippen LogP contribution in [0.25, 0.3) is 22.0 Å². The minimum absolute atomic E-state index is 0.0627. The summed E-state index contributed by atoms with van der Waals surface area (Å²) in [4.78, 5) is 27.6. The Kier molecular flexibility index (Phi) is 6.65. The first-order valence-corrected chi connectivity index (χ1v) is 10.4. The number of alkyl halides is 3. The lowest BCUT2D eigenvalue weighted by Gasteiger charge is -2.16. The Hall–Kier alpha value is -3.25. The van der Waals surface area contributed by atoms with Crippen molar-refractivity contribution in [1.82, 2.24) is 14.2 Å². The van der Waals surface area contributed by atoms with Gasteiger partial charge in [0, 0.05) is 10.9 Å². The molecular weight excluding hydrogens is 451 g/mol. The summed E-state index contributed by atoms with van der Waals surface area (Å²) in [5, 5.41) is 5.55. The summed E-state index contributed by atoms with van der Waals surface area (Å²) in [6.45, 7) is 3.02. The average molecular weight is 469 g/mol. The van der Waals surface area contributed by atoms with E-state index in [0.717, 1.165) is 0 Å². The predicted molar refractivity (Wildman–Crippen MR) is 110 cm³/mol. The average Bonchev–Trinajstić information content (AvgIpc) is 2.73. The molecule has 32 heavy (non-hydrogen) atoms. The van der Waals surface area contributed by atoms with Crippen molar-refractivity contribution in [3.63, 3.8) is 0 Å². The minimum atomic E-state index is -5.33. The lowest BCUT2D eigenvalue weighted by Crippen LogP contribution is -2.33. The van der Waals surface area contributed by atoms with Crippen LogP contribution >= 0.6 is 0 Å². The van der Waals surface area contributed by atoms with Gasteiger partial charge in [-0.1, -0.05) is 42.5 Å². The Morgan fingerprint density at radius 2 is 1.69 bits per heavy atom. The zero-order chi connectivity index (χ0) is 23.6. The highest BCUT2D eigenvalue weighted by Crippen LogP contribution is 2.26. The van der Waals surface area contributed by atoms with Gasteiger partial charge in [-0.3, -0.25) is 4.79 Å². The highest BCUT2D eigenvalue weighted by Gasteiger charge is 2.43. The van der Waals surface area contributed by atoms with Crippen molar-refractivity contribution in [1.29, 1.82) is 0 Å². The molecule has 12 heteroatoms. The fourth-order valence-corrected chi connectivity index (χ4v) is 3.38. The summed E-state index contributed by atoms with van der Waals surface area (Å²) in [7, 11) is -3.62. The van der Waals surface area contributed by atoms with E-state index in [1.807, 2.05) is 13.8 Å². The van der Waals surface area contributed by atoms with Gasteiger partial charge in [0.05, 0.1) is 23.7 Å². The SMILES string of the molecule is CC(C)n1nc(-c2ccc(CN(OC(=O)C(F)(F)F)[SH](=O)=O)cc2)c2ccccc2c1=O. The van der Waals surface area contributed by atoms with Crippen molar-refractivity contribution in [3.05, 3.63) is 64.4 Å². The molecule has 1 aromatic heterocycles. The summed E-state index contributed by atoms with van der Waals surface area (Å²) in [6.07, 6.45) is -5.33. The summed E-state index contributed by atoms with van der Waals surface area (Å²) in [5.74, 6) is -2.64. The molecule has 0 unspecified atom stereocenters. The number of rotatable bonds is 6. The first-order chi connectivity index (χ1) is 15.0. The molecule has 170 valence electrons. The second-order valence-electron chi connectivity index (χ2n) is 7.06. The van der Waals surface area contributed by atoms with Crippen molar-refractivity contribution in [2.24, 2.45) is 0 Å². The van der Waals surface area contributed by atoms with Gasteiger partial charge in [-0.25, -0.2) is 17.9 Å². The molecule has 3 aromatic rings. The number of benzene rings is 2. The maximum Gasteiger partial charge on any atom is 0.492 e. The highest BCUT2D eigenvalue weighted by molar-refractivity contribution is 7.69. The fraction of sp³-hybridized carbons (Fsp3) is 0.250. The smallest absolute Gasteiger partial charge is 0.345 e. The van der Waals surface area contributed by atoms with Gasteiger partial charge in [0.25, 0.3) is 5.56 Å². The van der Waals surface area contributed by atoms with Crippen molar-refractivity contribution < 1.29 is 31.2 Å². The van der Waals surface area contributed by atoms with Crippen LogP contribution in [0.2, 0.25) is 0 Å². The molecule has 0 saturated heterocycles. The van der Waals surface area contributed by atoms with E-state index < -0.39 is 29.6 Å². The van der Waals surface area contributed by atoms with Crippen LogP contribution in [0.3, 0.4) is 0 Å². The van der Waals surface area contributed by atoms with Gasteiger partial charge in [0.1, 0.15) is 0 Å². The van der Waals surface area contributed by atoms with Crippen molar-refractivity contribution in [2.75, 3.05) is 0 Å². The van der Waals surface area contributed by atoms with E-state index in [2.05, 4.69) is 9.94 Å². The lowest BCUT2D eigenvalue weighted by molar-refractivity contribution is -0.223. The number of hydrogen-bond acceptors (Lipinski definition) is 6. The van der Waals surface area contributed by atoms with E-state index in [1.165, 1.54) is 16.8 Å². The van der Waals surface area contributed by atoms with Crippen LogP contribution in [0.4, 0.5) is 13.2 Å². The molecule has 1 heterocycles. The third-order valence-corrected chi connectivity index (χ3v) is 5.05. The molecule has 0 fully saturated rings. The Bertz CT molecular complexity index is 1280. The van der Waals surface area contributed by atoms with Crippen molar-refractivity contribution in [2.45, 2.75) is 32.6 Å². The van der Waals surface area contributed by atoms with E-state index in [4.69, 9.17) is 0 Å². The number of carbonyl (C=O) groups is 1. The quantitative estimate of drug-likeness (QED) is 0.440. The van der Waals surface area contributed by atoms with Gasteiger partial charge in [-0.15, -0.1) is 0 Å². The molecule has 0 spiro atoms. The zero-order valence-corrected chi connectivity index (χ0v) is 17.8. The summed E-state index contributed by atoms with van der Waals surface area (Å²) < 4.78 is 60.8. The fourth-order valence-electron chi connectivity index (χ4n) is 2.96. The van der Waals surface area contributed by atoms with Crippen LogP contribution in [-0.2, 0) is 27.1 Å². The molecule has 0 N–H and O–H groups in total. The molecule has 0 aliphatic heterocycles. The van der Waals surface area contributed by atoms with Crippen LogP contribution in [0.5, 0.6) is 0 Å². The lowest BCUT2D eigenvalue weighted by atomic mass is 10.0. The molecule has 0 aliphatic rings. The topological polar surface area (TPSA) is 98.6 Å². The Morgan fingerprint density at radius 3 is 2.22 bits per heavy atom. The molecule has 0 bridgehead atoms. The number of fused-ring (bicyclic) bond motifs is 1. The number of halogens is 3. The maximum absolute atomic E-state index is 12.7. The molecule has 3 rings (SSSR count). The van der Waals surface area contributed by atoms with E-state index >= 15 is 0 Å². The van der Waals surface area contributed by atoms with Gasteiger partial charge in [-0.2, -0.15) is 18.3 Å². The Labute approximate surface area is 181 Å². The first-order valence-electron chi connectivity index (χ1n) is 9.31. The summed E-state index contributed by atoms with van der Waals surface area (Å²) in [6, 6.07) is 12.8. The number of nitrogens with zero attached hydrogens (tertiary/aromatic N) is 3. The molecule has 8 nitrogen and oxygen atoms in total. The molecular formula is C20H18F3N3O5S. The minimum Gasteiger partial charge on any atom is -0.345 e. The van der Waals surface area contributed by atoms with Gasteiger partial charge in [0.2, 0.25) is 10.9 Å². The van der Waals surface area contributed by atoms with Gasteiger partial charge in [-0.05, 0) is 29.9 Å². The summed E-state index contributed by atoms with van der Waals surface area (Å²) >= 11 is 0. The van der Waals surface area contributed by atoms with Gasteiger partial charge < -0.3 is 4.84 Å². The van der Waals surface area contributed by atoms with Crippen LogP contribution in [0.1, 0.15) is 25.5 Å². The van der Waals surface area contributed by atoms with E-state index in [9.17, 15) is 31.2 Å². The van der Waals surface area contributed by atoms with Crippen LogP contribution in [-0.4, -0.2) is 34.8 Å². The van der Waals surface area contributed by atoms with Crippen LogP contribution < -0.4 is 5.56 Å². The number of hydroxylamine groups is 1. The third-order valence-electron chi connectivity index (χ3n) is 4.46. The Morgan fingerprint density at radius 1 is 1.09 bits per heavy atom. The Balaban J connectivity index is 1.95. The number of thiol groups is 1. The van der Waals surface area contributed by atoms with Crippen molar-refractivity contribution in [3.8, 4) is 11.3 Å². The number of carbonyl (C=O) groups excluding carboxylic acids is 1. The number of aromatic nitrogens is 2. The van der Waals surface area contributed by atoms with E-state index in [-0.39, 0.29) is 21.6 Å². The van der Waals surface area contributed by atoms with E-state index in [0.29, 0.717) is 22.0 Å². The zero-order valence-electron chi connectivity index (χ0n) is 16.9. The van der Waals surface area contributed by atoms with Crippen molar-refractivity contribution >= 4 is 27.6 Å². The molecule has 0 saturated carbocycles. The van der Waals surface area contributed by atoms with Crippen LogP contribution in [0.15, 0.2) is 53.3 Å². The van der Waals surface area contributed by atoms with Crippen LogP contribution in [0, 0.1) is 0 Å². The molecule has 0 radical (unpaired) electrons.